The number of nitro benzene ring substituents is 1. The molecular weight excluding hydrogens is 380 g/mol. The molecule has 1 aliphatic heterocycles. The van der Waals surface area contributed by atoms with Gasteiger partial charge in [0, 0.05) is 42.0 Å². The summed E-state index contributed by atoms with van der Waals surface area (Å²) in [7, 11) is 0. The molecule has 0 saturated carbocycles. The lowest BCUT2D eigenvalue weighted by molar-refractivity contribution is -0.385. The summed E-state index contributed by atoms with van der Waals surface area (Å²) in [6.45, 7) is 4.22. The van der Waals surface area contributed by atoms with Gasteiger partial charge in [0.25, 0.3) is 5.69 Å². The van der Waals surface area contributed by atoms with Crippen molar-refractivity contribution in [3.63, 3.8) is 0 Å². The van der Waals surface area contributed by atoms with E-state index in [0.717, 1.165) is 5.69 Å². The second kappa shape index (κ2) is 8.34. The van der Waals surface area contributed by atoms with Crippen molar-refractivity contribution in [2.75, 3.05) is 31.2 Å². The highest BCUT2D eigenvalue weighted by Crippen LogP contribution is 2.34. The summed E-state index contributed by atoms with van der Waals surface area (Å²) in [5.41, 5.74) is 1.02. The fourth-order valence-corrected chi connectivity index (χ4v) is 3.15. The monoisotopic (exact) mass is 398 g/mol. The Labute approximate surface area is 148 Å². The molecular formula is C16H19BrN2O5. The van der Waals surface area contributed by atoms with Crippen LogP contribution < -0.4 is 4.90 Å². The summed E-state index contributed by atoms with van der Waals surface area (Å²) in [5.74, 6) is -0.464. The third-order valence-corrected chi connectivity index (χ3v) is 4.51. The molecule has 0 aliphatic carbocycles. The van der Waals surface area contributed by atoms with Crippen LogP contribution in [0.5, 0.6) is 0 Å². The first-order valence-corrected chi connectivity index (χ1v) is 8.54. The molecule has 0 spiro atoms. The number of hydrogen-bond donors (Lipinski definition) is 0. The van der Waals surface area contributed by atoms with Crippen LogP contribution in [0.3, 0.4) is 0 Å². The number of hydrogen-bond acceptors (Lipinski definition) is 6. The van der Waals surface area contributed by atoms with Crippen molar-refractivity contribution in [3.05, 3.63) is 32.3 Å². The van der Waals surface area contributed by atoms with Gasteiger partial charge >= 0.3 is 0 Å². The molecule has 7 nitrogen and oxygen atoms in total. The average molecular weight is 399 g/mol. The van der Waals surface area contributed by atoms with E-state index < -0.39 is 4.92 Å². The Kier molecular flexibility index (Phi) is 6.44. The highest BCUT2D eigenvalue weighted by atomic mass is 79.9. The minimum Gasteiger partial charge on any atom is -0.378 e. The van der Waals surface area contributed by atoms with Crippen molar-refractivity contribution in [1.82, 2.24) is 0 Å². The van der Waals surface area contributed by atoms with Crippen LogP contribution >= 0.6 is 15.9 Å². The van der Waals surface area contributed by atoms with Crippen molar-refractivity contribution >= 4 is 38.9 Å². The van der Waals surface area contributed by atoms with Crippen LogP contribution in [-0.4, -0.2) is 42.8 Å². The van der Waals surface area contributed by atoms with Crippen molar-refractivity contribution in [2.24, 2.45) is 0 Å². The van der Waals surface area contributed by atoms with Gasteiger partial charge in [0.2, 0.25) is 0 Å². The fraction of sp³-hybridized carbons (Fsp3) is 0.500. The number of ether oxygens (including phenoxy) is 1. The first kappa shape index (κ1) is 18.5. The lowest BCUT2D eigenvalue weighted by atomic mass is 10.0. The topological polar surface area (TPSA) is 89.8 Å². The molecule has 1 heterocycles. The lowest BCUT2D eigenvalue weighted by Gasteiger charge is -2.30. The Morgan fingerprint density at radius 3 is 2.54 bits per heavy atom. The Morgan fingerprint density at radius 1 is 1.29 bits per heavy atom. The summed E-state index contributed by atoms with van der Waals surface area (Å²) in [6, 6.07) is 3.09. The summed E-state index contributed by atoms with van der Waals surface area (Å²) in [5, 5.41) is 11.3. The Balaban J connectivity index is 2.30. The molecule has 1 saturated heterocycles. The zero-order valence-electron chi connectivity index (χ0n) is 13.4. The normalized spacial score (nSPS) is 14.5. The number of halogens is 1. The first-order valence-electron chi connectivity index (χ1n) is 7.75. The largest absolute Gasteiger partial charge is 0.378 e. The Morgan fingerprint density at radius 2 is 1.96 bits per heavy atom. The molecule has 0 radical (unpaired) electrons. The van der Waals surface area contributed by atoms with Crippen LogP contribution in [0.2, 0.25) is 0 Å². The molecule has 0 unspecified atom stereocenters. The second-order valence-electron chi connectivity index (χ2n) is 5.57. The van der Waals surface area contributed by atoms with Crippen LogP contribution in [-0.2, 0) is 20.7 Å². The van der Waals surface area contributed by atoms with Gasteiger partial charge in [-0.05, 0) is 22.0 Å². The van der Waals surface area contributed by atoms with Crippen LogP contribution in [0, 0.1) is 10.1 Å². The summed E-state index contributed by atoms with van der Waals surface area (Å²) in [6.07, 6.45) is -0.0174. The molecule has 130 valence electrons. The second-order valence-corrected chi connectivity index (χ2v) is 6.43. The molecule has 1 aromatic rings. The molecule has 2 rings (SSSR count). The summed E-state index contributed by atoms with van der Waals surface area (Å²) < 4.78 is 5.93. The molecule has 0 aromatic heterocycles. The molecule has 0 bridgehead atoms. The average Bonchev–Trinajstić information content (AvgIpc) is 2.56. The number of nitrogens with zero attached hydrogens (tertiary/aromatic N) is 2. The van der Waals surface area contributed by atoms with E-state index in [1.807, 2.05) is 0 Å². The maximum Gasteiger partial charge on any atom is 0.274 e. The predicted octanol–water partition coefficient (Wildman–Crippen LogP) is 2.67. The van der Waals surface area contributed by atoms with Crippen molar-refractivity contribution in [3.8, 4) is 0 Å². The molecule has 24 heavy (non-hydrogen) atoms. The SMILES string of the molecule is CCC(=O)CC(=O)Cc1cc(N2CCOCC2)c(Br)cc1[N+](=O)[O-]. The third kappa shape index (κ3) is 4.61. The van der Waals surface area contributed by atoms with Gasteiger partial charge in [0.1, 0.15) is 11.6 Å². The van der Waals surface area contributed by atoms with Crippen molar-refractivity contribution < 1.29 is 19.2 Å². The molecule has 1 aromatic carbocycles. The van der Waals surface area contributed by atoms with E-state index in [2.05, 4.69) is 20.8 Å². The first-order chi connectivity index (χ1) is 11.4. The Hall–Kier alpha value is -1.80. The minimum absolute atomic E-state index is 0.115. The molecule has 0 N–H and O–H groups in total. The van der Waals surface area contributed by atoms with Gasteiger partial charge in [-0.1, -0.05) is 6.92 Å². The van der Waals surface area contributed by atoms with Crippen LogP contribution in [0.1, 0.15) is 25.3 Å². The number of carbonyl (C=O) groups excluding carboxylic acids is 2. The Bertz CT molecular complexity index is 656. The standard InChI is InChI=1S/C16H19BrN2O5/c1-2-12(20)9-13(21)7-11-8-16(18-3-5-24-6-4-18)14(17)10-15(11)19(22)23/h8,10H,2-7,9H2,1H3. The van der Waals surface area contributed by atoms with E-state index in [1.54, 1.807) is 13.0 Å². The van der Waals surface area contributed by atoms with E-state index in [-0.39, 0.29) is 36.5 Å². The lowest BCUT2D eigenvalue weighted by Crippen LogP contribution is -2.36. The van der Waals surface area contributed by atoms with Crippen LogP contribution in [0.4, 0.5) is 11.4 Å². The maximum absolute atomic E-state index is 12.0. The van der Waals surface area contributed by atoms with E-state index in [0.29, 0.717) is 36.3 Å². The zero-order valence-corrected chi connectivity index (χ0v) is 15.0. The number of nitro groups is 1. The fourth-order valence-electron chi connectivity index (χ4n) is 2.57. The van der Waals surface area contributed by atoms with Gasteiger partial charge in [-0.15, -0.1) is 0 Å². The molecule has 1 aliphatic rings. The van der Waals surface area contributed by atoms with E-state index in [1.165, 1.54) is 6.07 Å². The van der Waals surface area contributed by atoms with E-state index >= 15 is 0 Å². The van der Waals surface area contributed by atoms with Crippen molar-refractivity contribution in [1.29, 1.82) is 0 Å². The van der Waals surface area contributed by atoms with Gasteiger partial charge in [-0.2, -0.15) is 0 Å². The van der Waals surface area contributed by atoms with Crippen molar-refractivity contribution in [2.45, 2.75) is 26.2 Å². The predicted molar refractivity (Wildman–Crippen MR) is 92.5 cm³/mol. The van der Waals surface area contributed by atoms with Gasteiger partial charge in [0.15, 0.2) is 0 Å². The highest BCUT2D eigenvalue weighted by molar-refractivity contribution is 9.10. The van der Waals surface area contributed by atoms with Gasteiger partial charge in [-0.25, -0.2) is 0 Å². The molecule has 0 atom stereocenters. The number of carbonyl (C=O) groups is 2. The number of morpholine rings is 1. The maximum atomic E-state index is 12.0. The number of ketones is 2. The quantitative estimate of drug-likeness (QED) is 0.398. The molecule has 1 fully saturated rings. The highest BCUT2D eigenvalue weighted by Gasteiger charge is 2.23. The van der Waals surface area contributed by atoms with Gasteiger partial charge < -0.3 is 9.64 Å². The van der Waals surface area contributed by atoms with Gasteiger partial charge in [-0.3, -0.25) is 19.7 Å². The van der Waals surface area contributed by atoms with Crippen LogP contribution in [0.15, 0.2) is 16.6 Å². The van der Waals surface area contributed by atoms with Gasteiger partial charge in [0.05, 0.1) is 30.2 Å². The number of rotatable bonds is 7. The number of Topliss-reactive ketones (excluding diaryl/α,β-unsaturated/α-hetero) is 2. The number of anilines is 1. The van der Waals surface area contributed by atoms with E-state index in [4.69, 9.17) is 4.74 Å². The molecule has 0 amide bonds. The summed E-state index contributed by atoms with van der Waals surface area (Å²) >= 11 is 3.38. The molecule has 8 heteroatoms. The minimum atomic E-state index is -0.502. The van der Waals surface area contributed by atoms with E-state index in [9.17, 15) is 19.7 Å². The zero-order chi connectivity index (χ0) is 17.7. The summed E-state index contributed by atoms with van der Waals surface area (Å²) in [4.78, 5) is 36.3. The third-order valence-electron chi connectivity index (χ3n) is 3.87. The number of benzene rings is 1. The van der Waals surface area contributed by atoms with Crippen LogP contribution in [0.25, 0.3) is 0 Å². The smallest absolute Gasteiger partial charge is 0.274 e.